The number of nitrogens with one attached hydrogen (secondary N) is 1. The molecule has 0 heterocycles. The van der Waals surface area contributed by atoms with Crippen LogP contribution in [0.1, 0.15) is 64.7 Å². The second kappa shape index (κ2) is 5.06. The lowest BCUT2D eigenvalue weighted by Gasteiger charge is -2.57. The Bertz CT molecular complexity index is 292. The first kappa shape index (κ1) is 12.7. The van der Waals surface area contributed by atoms with Crippen LogP contribution in [0.2, 0.25) is 0 Å². The molecular formula is C18H31N. The van der Waals surface area contributed by atoms with E-state index in [-0.39, 0.29) is 0 Å². The highest BCUT2D eigenvalue weighted by Gasteiger charge is 2.50. The molecule has 5 saturated carbocycles. The van der Waals surface area contributed by atoms with Gasteiger partial charge in [-0.05, 0) is 80.6 Å². The predicted octanol–water partition coefficient (Wildman–Crippen LogP) is 4.23. The Labute approximate surface area is 118 Å². The van der Waals surface area contributed by atoms with Crippen LogP contribution >= 0.6 is 0 Å². The fraction of sp³-hybridized carbons (Fsp3) is 1.00. The number of hydrogen-bond donors (Lipinski definition) is 1. The second-order valence-corrected chi connectivity index (χ2v) is 8.20. The average Bonchev–Trinajstić information content (AvgIpc) is 2.32. The number of rotatable bonds is 5. The first-order valence-electron chi connectivity index (χ1n) is 9.06. The molecule has 0 aromatic carbocycles. The molecule has 0 aliphatic heterocycles. The molecule has 19 heavy (non-hydrogen) atoms. The summed E-state index contributed by atoms with van der Waals surface area (Å²) in [5.41, 5.74) is 0. The molecule has 4 bridgehead atoms. The van der Waals surface area contributed by atoms with Crippen LogP contribution in [0, 0.1) is 35.5 Å². The van der Waals surface area contributed by atoms with Gasteiger partial charge in [-0.1, -0.05) is 26.2 Å². The highest BCUT2D eigenvalue weighted by Crippen LogP contribution is 2.58. The Kier molecular flexibility index (Phi) is 3.38. The maximum atomic E-state index is 3.91. The van der Waals surface area contributed by atoms with E-state index in [4.69, 9.17) is 0 Å². The molecular weight excluding hydrogens is 230 g/mol. The minimum atomic E-state index is 0.866. The Balaban J connectivity index is 1.48. The van der Waals surface area contributed by atoms with E-state index in [1.54, 1.807) is 32.1 Å². The molecule has 5 aliphatic rings. The van der Waals surface area contributed by atoms with Gasteiger partial charge >= 0.3 is 0 Å². The van der Waals surface area contributed by atoms with E-state index < -0.39 is 0 Å². The molecule has 1 atom stereocenters. The summed E-state index contributed by atoms with van der Waals surface area (Å²) in [7, 11) is 0. The molecule has 1 N–H and O–H groups in total. The predicted molar refractivity (Wildman–Crippen MR) is 80.0 cm³/mol. The van der Waals surface area contributed by atoms with Gasteiger partial charge in [0.2, 0.25) is 0 Å². The fourth-order valence-electron chi connectivity index (χ4n) is 6.35. The van der Waals surface area contributed by atoms with Crippen molar-refractivity contribution in [1.82, 2.24) is 5.32 Å². The average molecular weight is 261 g/mol. The van der Waals surface area contributed by atoms with Crippen LogP contribution in [0.4, 0.5) is 0 Å². The van der Waals surface area contributed by atoms with E-state index in [0.29, 0.717) is 0 Å². The van der Waals surface area contributed by atoms with Crippen molar-refractivity contribution < 1.29 is 0 Å². The summed E-state index contributed by atoms with van der Waals surface area (Å²) in [4.78, 5) is 0. The van der Waals surface area contributed by atoms with Crippen molar-refractivity contribution in [3.05, 3.63) is 0 Å². The number of hydrogen-bond acceptors (Lipinski definition) is 1. The fourth-order valence-corrected chi connectivity index (χ4v) is 6.35. The largest absolute Gasteiger partial charge is 0.314 e. The Hall–Kier alpha value is -0.0400. The lowest BCUT2D eigenvalue weighted by molar-refractivity contribution is -0.0561. The summed E-state index contributed by atoms with van der Waals surface area (Å²) in [6.07, 6.45) is 14.0. The maximum Gasteiger partial charge on any atom is 0.0103 e. The van der Waals surface area contributed by atoms with Crippen molar-refractivity contribution >= 4 is 0 Å². The van der Waals surface area contributed by atoms with Crippen LogP contribution in [-0.4, -0.2) is 12.6 Å². The van der Waals surface area contributed by atoms with Gasteiger partial charge in [0.15, 0.2) is 0 Å². The standard InChI is InChI=1S/C18H31N/c1-2-19-17(11-12-4-3-5-12)18-15-7-13-6-14(9-15)10-16(18)8-13/h12-19H,2-11H2,1H3. The van der Waals surface area contributed by atoms with Gasteiger partial charge in [0.25, 0.3) is 0 Å². The highest BCUT2D eigenvalue weighted by atomic mass is 14.9. The van der Waals surface area contributed by atoms with Crippen LogP contribution in [-0.2, 0) is 0 Å². The van der Waals surface area contributed by atoms with E-state index in [9.17, 15) is 0 Å². The zero-order valence-electron chi connectivity index (χ0n) is 12.6. The van der Waals surface area contributed by atoms with E-state index in [0.717, 1.165) is 41.5 Å². The van der Waals surface area contributed by atoms with Crippen LogP contribution in [0.3, 0.4) is 0 Å². The summed E-state index contributed by atoms with van der Waals surface area (Å²) < 4.78 is 0. The molecule has 1 unspecified atom stereocenters. The zero-order chi connectivity index (χ0) is 12.8. The van der Waals surface area contributed by atoms with Gasteiger partial charge in [-0.15, -0.1) is 0 Å². The van der Waals surface area contributed by atoms with Gasteiger partial charge in [0.05, 0.1) is 0 Å². The van der Waals surface area contributed by atoms with Crippen LogP contribution in [0.15, 0.2) is 0 Å². The third kappa shape index (κ3) is 2.26. The lowest BCUT2D eigenvalue weighted by atomic mass is 9.50. The van der Waals surface area contributed by atoms with Gasteiger partial charge < -0.3 is 5.32 Å². The van der Waals surface area contributed by atoms with Gasteiger partial charge in [0.1, 0.15) is 0 Å². The summed E-state index contributed by atoms with van der Waals surface area (Å²) >= 11 is 0. The molecule has 0 saturated heterocycles. The molecule has 0 spiro atoms. The van der Waals surface area contributed by atoms with Gasteiger partial charge in [-0.2, -0.15) is 0 Å². The lowest BCUT2D eigenvalue weighted by Crippen LogP contribution is -2.53. The first-order valence-corrected chi connectivity index (χ1v) is 9.06. The monoisotopic (exact) mass is 261 g/mol. The molecule has 5 fully saturated rings. The van der Waals surface area contributed by atoms with E-state index in [1.165, 1.54) is 32.2 Å². The Morgan fingerprint density at radius 1 is 0.947 bits per heavy atom. The van der Waals surface area contributed by atoms with Crippen LogP contribution in [0.25, 0.3) is 0 Å². The molecule has 1 heteroatoms. The van der Waals surface area contributed by atoms with Crippen molar-refractivity contribution in [2.24, 2.45) is 35.5 Å². The molecule has 0 radical (unpaired) electrons. The quantitative estimate of drug-likeness (QED) is 0.781. The molecule has 0 amide bonds. The van der Waals surface area contributed by atoms with Gasteiger partial charge in [-0.25, -0.2) is 0 Å². The van der Waals surface area contributed by atoms with Crippen molar-refractivity contribution in [1.29, 1.82) is 0 Å². The second-order valence-electron chi connectivity index (χ2n) is 8.20. The van der Waals surface area contributed by atoms with Crippen LogP contribution < -0.4 is 5.32 Å². The van der Waals surface area contributed by atoms with Crippen molar-refractivity contribution in [3.63, 3.8) is 0 Å². The smallest absolute Gasteiger partial charge is 0.0103 e. The molecule has 1 nitrogen and oxygen atoms in total. The minimum Gasteiger partial charge on any atom is -0.314 e. The molecule has 0 aromatic heterocycles. The minimum absolute atomic E-state index is 0.866. The normalized spacial score (nSPS) is 46.3. The van der Waals surface area contributed by atoms with Crippen LogP contribution in [0.5, 0.6) is 0 Å². The van der Waals surface area contributed by atoms with Crippen molar-refractivity contribution in [2.75, 3.05) is 6.54 Å². The van der Waals surface area contributed by atoms with E-state index in [2.05, 4.69) is 12.2 Å². The topological polar surface area (TPSA) is 12.0 Å². The Morgan fingerprint density at radius 2 is 1.58 bits per heavy atom. The van der Waals surface area contributed by atoms with E-state index in [1.807, 2.05) is 0 Å². The van der Waals surface area contributed by atoms with E-state index >= 15 is 0 Å². The summed E-state index contributed by atoms with van der Waals surface area (Å²) in [5, 5.41) is 3.91. The van der Waals surface area contributed by atoms with Crippen molar-refractivity contribution in [2.45, 2.75) is 70.8 Å². The Morgan fingerprint density at radius 3 is 2.05 bits per heavy atom. The van der Waals surface area contributed by atoms with Crippen molar-refractivity contribution in [3.8, 4) is 0 Å². The maximum absolute atomic E-state index is 3.91. The third-order valence-electron chi connectivity index (χ3n) is 7.04. The third-order valence-corrected chi connectivity index (χ3v) is 7.04. The molecule has 108 valence electrons. The summed E-state index contributed by atoms with van der Waals surface area (Å²) in [6.45, 7) is 3.49. The molecule has 5 aliphatic carbocycles. The summed E-state index contributed by atoms with van der Waals surface area (Å²) in [6, 6.07) is 0.866. The van der Waals surface area contributed by atoms with Gasteiger partial charge in [-0.3, -0.25) is 0 Å². The molecule has 5 rings (SSSR count). The zero-order valence-corrected chi connectivity index (χ0v) is 12.6. The first-order chi connectivity index (χ1) is 9.33. The highest BCUT2D eigenvalue weighted by molar-refractivity contribution is 5.02. The summed E-state index contributed by atoms with van der Waals surface area (Å²) in [5.74, 6) is 6.57. The van der Waals surface area contributed by atoms with Gasteiger partial charge in [0, 0.05) is 6.04 Å². The SMILES string of the molecule is CCNC(CC1CCC1)C1C2CC3CC(C2)CC1C3. The molecule has 0 aromatic rings.